The zero-order chi connectivity index (χ0) is 32.5. The molecule has 6 rings (SSSR count). The summed E-state index contributed by atoms with van der Waals surface area (Å²) in [6.45, 7) is 31.5. The van der Waals surface area contributed by atoms with Crippen LogP contribution in [0, 0.1) is 0 Å². The van der Waals surface area contributed by atoms with Crippen molar-refractivity contribution in [3.8, 4) is 0 Å². The molecule has 1 aliphatic rings. The van der Waals surface area contributed by atoms with E-state index in [4.69, 9.17) is 8.83 Å². The molecule has 226 valence electrons. The van der Waals surface area contributed by atoms with Crippen LogP contribution in [-0.4, -0.2) is 0 Å². The number of para-hydroxylation sites is 2. The molecule has 1 aliphatic carbocycles. The molecule has 0 fully saturated rings. The van der Waals surface area contributed by atoms with E-state index in [9.17, 15) is 0 Å². The van der Waals surface area contributed by atoms with Gasteiger partial charge in [-0.3, -0.25) is 0 Å². The number of benzene rings is 3. The highest BCUT2D eigenvalue weighted by Gasteiger charge is 2.37. The number of hydrogen-bond donors (Lipinski definition) is 0. The standard InChI is InChI=1S/C40H35NO2.C2H6/c1-9-16-28-25(5)38(42-36(28)12-4)34(11-3)41(35-20-15-19-32-31-18-13-14-21-37(31)43-39(32)35)27-22-23-30-29(17-10-2)26(6)40(7,8)33(30)24-27;1-2/h9-24H,2-6H2,1,7-8H3;1-2H3/b16-9-,29-17+,38-34-;. The first-order valence-electron chi connectivity index (χ1n) is 15.4. The maximum absolute atomic E-state index is 6.54. The van der Waals surface area contributed by atoms with Crippen molar-refractivity contribution in [1.82, 2.24) is 0 Å². The molecule has 0 bridgehead atoms. The first-order chi connectivity index (χ1) is 21.8. The summed E-state index contributed by atoms with van der Waals surface area (Å²) in [6, 6.07) is 20.9. The monoisotopic (exact) mass is 591 g/mol. The summed E-state index contributed by atoms with van der Waals surface area (Å²) in [4.78, 5) is 2.16. The molecule has 0 radical (unpaired) electrons. The van der Waals surface area contributed by atoms with Crippen LogP contribution in [0.3, 0.4) is 0 Å². The zero-order valence-corrected chi connectivity index (χ0v) is 27.0. The van der Waals surface area contributed by atoms with Crippen molar-refractivity contribution in [2.45, 2.75) is 40.0 Å². The summed E-state index contributed by atoms with van der Waals surface area (Å²) in [6.07, 6.45) is 11.4. The first kappa shape index (κ1) is 31.2. The van der Waals surface area contributed by atoms with Gasteiger partial charge in [0.2, 0.25) is 0 Å². The first-order valence-corrected chi connectivity index (χ1v) is 15.4. The molecule has 2 heterocycles. The van der Waals surface area contributed by atoms with E-state index in [1.54, 1.807) is 6.08 Å². The Morgan fingerprint density at radius 3 is 2.31 bits per heavy atom. The Balaban J connectivity index is 0.00000196. The molecule has 0 atom stereocenters. The van der Waals surface area contributed by atoms with E-state index in [-0.39, 0.29) is 5.41 Å². The number of anilines is 2. The van der Waals surface area contributed by atoms with Gasteiger partial charge >= 0.3 is 0 Å². The minimum atomic E-state index is -0.275. The zero-order valence-electron chi connectivity index (χ0n) is 27.0. The van der Waals surface area contributed by atoms with E-state index < -0.39 is 0 Å². The average molecular weight is 592 g/mol. The Bertz CT molecular complexity index is 2160. The van der Waals surface area contributed by atoms with Gasteiger partial charge in [-0.15, -0.1) is 0 Å². The van der Waals surface area contributed by atoms with E-state index in [2.05, 4.69) is 94.1 Å². The molecule has 5 aromatic rings. The Labute approximate surface area is 266 Å². The fourth-order valence-corrected chi connectivity index (χ4v) is 6.20. The van der Waals surface area contributed by atoms with Crippen LogP contribution in [0.4, 0.5) is 11.4 Å². The van der Waals surface area contributed by atoms with E-state index >= 15 is 0 Å². The van der Waals surface area contributed by atoms with Crippen LogP contribution < -0.4 is 15.5 Å². The molecule has 0 N–H and O–H groups in total. The summed E-state index contributed by atoms with van der Waals surface area (Å²) >= 11 is 0. The lowest BCUT2D eigenvalue weighted by Crippen LogP contribution is -2.30. The van der Waals surface area contributed by atoms with Gasteiger partial charge in [0, 0.05) is 32.7 Å². The smallest absolute Gasteiger partial charge is 0.159 e. The third-order valence-electron chi connectivity index (χ3n) is 8.48. The summed E-state index contributed by atoms with van der Waals surface area (Å²) in [7, 11) is 0. The summed E-state index contributed by atoms with van der Waals surface area (Å²) < 4.78 is 13.0. The number of hydrogen-bond acceptors (Lipinski definition) is 3. The van der Waals surface area contributed by atoms with Crippen LogP contribution >= 0.6 is 0 Å². The van der Waals surface area contributed by atoms with Gasteiger partial charge in [-0.25, -0.2) is 0 Å². The number of furan rings is 2. The molecule has 0 saturated carbocycles. The molecule has 2 aromatic heterocycles. The number of nitrogens with zero attached hydrogens (tertiary/aromatic N) is 1. The molecule has 3 aromatic carbocycles. The predicted octanol–water partition coefficient (Wildman–Crippen LogP) is 10.8. The third-order valence-corrected chi connectivity index (χ3v) is 8.48. The van der Waals surface area contributed by atoms with E-state index in [1.165, 1.54) is 5.56 Å². The molecule has 0 spiro atoms. The summed E-state index contributed by atoms with van der Waals surface area (Å²) in [5.74, 6) is 0.657. The van der Waals surface area contributed by atoms with Crippen molar-refractivity contribution < 1.29 is 8.83 Å². The summed E-state index contributed by atoms with van der Waals surface area (Å²) in [5.41, 5.74) is 9.89. The second kappa shape index (κ2) is 12.4. The van der Waals surface area contributed by atoms with Gasteiger partial charge in [0.05, 0.1) is 11.4 Å². The highest BCUT2D eigenvalue weighted by Crippen LogP contribution is 2.51. The average Bonchev–Trinajstić information content (AvgIpc) is 3.65. The highest BCUT2D eigenvalue weighted by atomic mass is 16.3. The normalized spacial score (nSPS) is 15.2. The van der Waals surface area contributed by atoms with Crippen molar-refractivity contribution in [1.29, 1.82) is 0 Å². The fraction of sp³-hybridized carbons (Fsp3) is 0.143. The van der Waals surface area contributed by atoms with E-state index in [0.29, 0.717) is 11.2 Å². The Hall–Kier alpha value is -5.28. The van der Waals surface area contributed by atoms with Gasteiger partial charge in [-0.2, -0.15) is 0 Å². The lowest BCUT2D eigenvalue weighted by atomic mass is 9.83. The Morgan fingerprint density at radius 2 is 1.62 bits per heavy atom. The molecule has 0 saturated heterocycles. The predicted molar refractivity (Wildman–Crippen MR) is 196 cm³/mol. The SMILES string of the molecule is C=C/C=C1\C(=C)C(C)(C)c2cc(N(/C(C=C)=c3\oc(C=C)c(/C=C\C)c3=C)c3cccc4c3oc3ccccc34)ccc21.CC. The topological polar surface area (TPSA) is 29.5 Å². The van der Waals surface area contributed by atoms with Crippen LogP contribution in [0.1, 0.15) is 57.1 Å². The van der Waals surface area contributed by atoms with Crippen LogP contribution in [0.15, 0.2) is 126 Å². The van der Waals surface area contributed by atoms with Gasteiger partial charge in [-0.1, -0.05) is 121 Å². The van der Waals surface area contributed by atoms with Gasteiger partial charge < -0.3 is 13.7 Å². The van der Waals surface area contributed by atoms with Gasteiger partial charge in [-0.05, 0) is 65.6 Å². The largest absolute Gasteiger partial charge is 0.454 e. The van der Waals surface area contributed by atoms with Crippen molar-refractivity contribution >= 4 is 63.3 Å². The molecule has 45 heavy (non-hydrogen) atoms. The van der Waals surface area contributed by atoms with Crippen LogP contribution in [0.5, 0.6) is 0 Å². The Kier molecular flexibility index (Phi) is 8.57. The van der Waals surface area contributed by atoms with Gasteiger partial charge in [0.25, 0.3) is 0 Å². The maximum atomic E-state index is 6.54. The molecule has 0 aliphatic heterocycles. The van der Waals surface area contributed by atoms with Crippen molar-refractivity contribution in [2.24, 2.45) is 0 Å². The molecule has 0 amide bonds. The van der Waals surface area contributed by atoms with E-state index in [1.807, 2.05) is 69.4 Å². The Morgan fingerprint density at radius 1 is 0.889 bits per heavy atom. The highest BCUT2D eigenvalue weighted by molar-refractivity contribution is 6.11. The second-order valence-electron chi connectivity index (χ2n) is 11.2. The number of rotatable bonds is 7. The summed E-state index contributed by atoms with van der Waals surface area (Å²) in [5, 5.41) is 2.85. The lowest BCUT2D eigenvalue weighted by Gasteiger charge is -2.28. The molecular weight excluding hydrogens is 550 g/mol. The van der Waals surface area contributed by atoms with Crippen LogP contribution in [0.2, 0.25) is 0 Å². The van der Waals surface area contributed by atoms with Crippen LogP contribution in [0.25, 0.3) is 51.9 Å². The van der Waals surface area contributed by atoms with Gasteiger partial charge in [0.1, 0.15) is 11.3 Å². The minimum absolute atomic E-state index is 0.275. The van der Waals surface area contributed by atoms with Crippen molar-refractivity contribution in [3.05, 3.63) is 150 Å². The van der Waals surface area contributed by atoms with Crippen molar-refractivity contribution in [2.75, 3.05) is 4.90 Å². The molecule has 3 nitrogen and oxygen atoms in total. The maximum Gasteiger partial charge on any atom is 0.159 e. The third kappa shape index (κ3) is 4.95. The fourth-order valence-electron chi connectivity index (χ4n) is 6.20. The van der Waals surface area contributed by atoms with E-state index in [0.717, 1.165) is 66.5 Å². The lowest BCUT2D eigenvalue weighted by molar-refractivity contribution is 0.518. The second-order valence-corrected chi connectivity index (χ2v) is 11.2. The minimum Gasteiger partial charge on any atom is -0.454 e. The number of allylic oxidation sites excluding steroid dienone is 5. The quantitative estimate of drug-likeness (QED) is 0.189. The number of fused-ring (bicyclic) bond motifs is 4. The van der Waals surface area contributed by atoms with Crippen LogP contribution in [-0.2, 0) is 5.41 Å². The molecule has 0 unspecified atom stereocenters. The molecule has 3 heteroatoms. The molecular formula is C42H41NO2. The van der Waals surface area contributed by atoms with Gasteiger partial charge in [0.15, 0.2) is 11.0 Å². The van der Waals surface area contributed by atoms with Crippen molar-refractivity contribution in [3.63, 3.8) is 0 Å².